The van der Waals surface area contributed by atoms with Gasteiger partial charge in [-0.15, -0.1) is 11.3 Å². The van der Waals surface area contributed by atoms with Gasteiger partial charge in [-0.2, -0.15) is 0 Å². The standard InChI is InChI=1S/C19H17Cl2N3O2S/c20-12-6-4-7-13(17(12)21)23-15(25)9-24-10-22-18-16(19(24)26)11-5-2-1-3-8-14(11)27-18/h4,6-7,10H,1-3,5,8-9H2,(H,23,25). The Kier molecular flexibility index (Phi) is 5.21. The number of carbonyl (C=O) groups excluding carboxylic acids is 1. The summed E-state index contributed by atoms with van der Waals surface area (Å²) in [6.45, 7) is -0.130. The number of anilines is 1. The van der Waals surface area contributed by atoms with E-state index in [1.165, 1.54) is 22.2 Å². The molecule has 0 radical (unpaired) electrons. The van der Waals surface area contributed by atoms with E-state index in [2.05, 4.69) is 10.3 Å². The molecule has 1 aromatic carbocycles. The zero-order valence-electron chi connectivity index (χ0n) is 14.4. The van der Waals surface area contributed by atoms with E-state index in [1.807, 2.05) is 0 Å². The fourth-order valence-corrected chi connectivity index (χ4v) is 4.98. The number of hydrogen-bond acceptors (Lipinski definition) is 4. The summed E-state index contributed by atoms with van der Waals surface area (Å²) in [6.07, 6.45) is 6.77. The summed E-state index contributed by atoms with van der Waals surface area (Å²) in [5.41, 5.74) is 1.38. The van der Waals surface area contributed by atoms with Crippen molar-refractivity contribution in [3.05, 3.63) is 55.4 Å². The molecule has 1 N–H and O–H groups in total. The van der Waals surface area contributed by atoms with Crippen molar-refractivity contribution < 1.29 is 4.79 Å². The highest BCUT2D eigenvalue weighted by atomic mass is 35.5. The quantitative estimate of drug-likeness (QED) is 0.624. The summed E-state index contributed by atoms with van der Waals surface area (Å²) in [5.74, 6) is -0.358. The number of fused-ring (bicyclic) bond motifs is 3. The summed E-state index contributed by atoms with van der Waals surface area (Å²) < 4.78 is 1.36. The van der Waals surface area contributed by atoms with Crippen molar-refractivity contribution in [1.29, 1.82) is 0 Å². The van der Waals surface area contributed by atoms with Gasteiger partial charge in [-0.3, -0.25) is 14.2 Å². The molecular weight excluding hydrogens is 405 g/mol. The molecule has 140 valence electrons. The number of aryl methyl sites for hydroxylation is 2. The highest BCUT2D eigenvalue weighted by Gasteiger charge is 2.20. The largest absolute Gasteiger partial charge is 0.323 e. The molecule has 3 aromatic rings. The first-order chi connectivity index (χ1) is 13.0. The maximum atomic E-state index is 13.0. The van der Waals surface area contributed by atoms with Crippen molar-refractivity contribution in [1.82, 2.24) is 9.55 Å². The molecule has 1 aliphatic carbocycles. The summed E-state index contributed by atoms with van der Waals surface area (Å²) in [7, 11) is 0. The van der Waals surface area contributed by atoms with Gasteiger partial charge in [-0.25, -0.2) is 4.98 Å². The molecule has 2 heterocycles. The van der Waals surface area contributed by atoms with Crippen LogP contribution in [0.15, 0.2) is 29.3 Å². The summed E-state index contributed by atoms with van der Waals surface area (Å²) in [5, 5.41) is 4.01. The number of benzene rings is 1. The van der Waals surface area contributed by atoms with Gasteiger partial charge in [0.05, 0.1) is 27.4 Å². The van der Waals surface area contributed by atoms with Crippen LogP contribution in [0.1, 0.15) is 29.7 Å². The van der Waals surface area contributed by atoms with Crippen molar-refractivity contribution in [2.75, 3.05) is 5.32 Å². The van der Waals surface area contributed by atoms with Crippen LogP contribution in [0.5, 0.6) is 0 Å². The van der Waals surface area contributed by atoms with E-state index in [0.717, 1.165) is 36.1 Å². The van der Waals surface area contributed by atoms with Gasteiger partial charge in [-0.1, -0.05) is 35.7 Å². The Morgan fingerprint density at radius 1 is 1.22 bits per heavy atom. The van der Waals surface area contributed by atoms with Gasteiger partial charge in [0, 0.05) is 4.88 Å². The molecule has 0 saturated heterocycles. The molecule has 1 aliphatic rings. The molecule has 0 fully saturated rings. The van der Waals surface area contributed by atoms with E-state index in [9.17, 15) is 9.59 Å². The molecule has 27 heavy (non-hydrogen) atoms. The SMILES string of the molecule is O=C(Cn1cnc2sc3c(c2c1=O)CCCCC3)Nc1cccc(Cl)c1Cl. The zero-order valence-corrected chi connectivity index (χ0v) is 16.8. The van der Waals surface area contributed by atoms with Crippen molar-refractivity contribution in [2.45, 2.75) is 38.6 Å². The Morgan fingerprint density at radius 2 is 2.04 bits per heavy atom. The van der Waals surface area contributed by atoms with E-state index in [-0.39, 0.29) is 23.0 Å². The van der Waals surface area contributed by atoms with Crippen LogP contribution in [-0.2, 0) is 24.2 Å². The van der Waals surface area contributed by atoms with Crippen LogP contribution < -0.4 is 10.9 Å². The summed E-state index contributed by atoms with van der Waals surface area (Å²) in [4.78, 5) is 31.9. The third kappa shape index (κ3) is 3.61. The third-order valence-electron chi connectivity index (χ3n) is 4.73. The molecule has 8 heteroatoms. The molecule has 2 aromatic heterocycles. The van der Waals surface area contributed by atoms with Crippen LogP contribution in [0, 0.1) is 0 Å². The Bertz CT molecular complexity index is 1090. The predicted octanol–water partition coefficient (Wildman–Crippen LogP) is 4.67. The topological polar surface area (TPSA) is 64.0 Å². The maximum Gasteiger partial charge on any atom is 0.262 e. The Labute approximate surface area is 169 Å². The van der Waals surface area contributed by atoms with Crippen molar-refractivity contribution in [2.24, 2.45) is 0 Å². The second-order valence-electron chi connectivity index (χ2n) is 6.57. The zero-order chi connectivity index (χ0) is 19.0. The first kappa shape index (κ1) is 18.5. The fourth-order valence-electron chi connectivity index (χ4n) is 3.42. The number of nitrogens with zero attached hydrogens (tertiary/aromatic N) is 2. The molecule has 0 unspecified atom stereocenters. The van der Waals surface area contributed by atoms with Crippen molar-refractivity contribution in [3.63, 3.8) is 0 Å². The van der Waals surface area contributed by atoms with Gasteiger partial charge < -0.3 is 5.32 Å². The van der Waals surface area contributed by atoms with Gasteiger partial charge in [0.25, 0.3) is 5.56 Å². The Morgan fingerprint density at radius 3 is 2.89 bits per heavy atom. The Hall–Kier alpha value is -1.89. The average molecular weight is 422 g/mol. The summed E-state index contributed by atoms with van der Waals surface area (Å²) in [6, 6.07) is 5.00. The highest BCUT2D eigenvalue weighted by Crippen LogP contribution is 2.33. The molecule has 0 bridgehead atoms. The van der Waals surface area contributed by atoms with Crippen LogP contribution >= 0.6 is 34.5 Å². The number of nitrogens with one attached hydrogen (secondary N) is 1. The average Bonchev–Trinajstić information content (AvgIpc) is 2.84. The van der Waals surface area contributed by atoms with Gasteiger partial charge in [0.15, 0.2) is 0 Å². The minimum atomic E-state index is -0.358. The van der Waals surface area contributed by atoms with E-state index in [4.69, 9.17) is 23.2 Å². The lowest BCUT2D eigenvalue weighted by molar-refractivity contribution is -0.116. The van der Waals surface area contributed by atoms with Crippen LogP contribution in [-0.4, -0.2) is 15.5 Å². The van der Waals surface area contributed by atoms with E-state index < -0.39 is 0 Å². The molecule has 0 saturated carbocycles. The number of rotatable bonds is 3. The lowest BCUT2D eigenvalue weighted by atomic mass is 10.1. The number of aromatic nitrogens is 2. The van der Waals surface area contributed by atoms with Gasteiger partial charge in [-0.05, 0) is 43.4 Å². The van der Waals surface area contributed by atoms with Gasteiger partial charge >= 0.3 is 0 Å². The smallest absolute Gasteiger partial charge is 0.262 e. The van der Waals surface area contributed by atoms with Crippen LogP contribution in [0.25, 0.3) is 10.2 Å². The minimum absolute atomic E-state index is 0.130. The molecule has 0 atom stereocenters. The number of hydrogen-bond donors (Lipinski definition) is 1. The van der Waals surface area contributed by atoms with Crippen molar-refractivity contribution in [3.8, 4) is 0 Å². The second-order valence-corrected chi connectivity index (χ2v) is 8.44. The lowest BCUT2D eigenvalue weighted by Crippen LogP contribution is -2.28. The number of halogens is 2. The van der Waals surface area contributed by atoms with Crippen molar-refractivity contribution >= 4 is 56.3 Å². The first-order valence-corrected chi connectivity index (χ1v) is 10.4. The molecule has 0 spiro atoms. The third-order valence-corrected chi connectivity index (χ3v) is 6.75. The monoisotopic (exact) mass is 421 g/mol. The minimum Gasteiger partial charge on any atom is -0.323 e. The van der Waals surface area contributed by atoms with E-state index in [0.29, 0.717) is 16.1 Å². The first-order valence-electron chi connectivity index (χ1n) is 8.78. The number of amides is 1. The summed E-state index contributed by atoms with van der Waals surface area (Å²) >= 11 is 13.7. The van der Waals surface area contributed by atoms with Gasteiger partial charge in [0.2, 0.25) is 5.91 Å². The Balaban J connectivity index is 1.63. The van der Waals surface area contributed by atoms with E-state index >= 15 is 0 Å². The highest BCUT2D eigenvalue weighted by molar-refractivity contribution is 7.18. The van der Waals surface area contributed by atoms with E-state index in [1.54, 1.807) is 29.5 Å². The van der Waals surface area contributed by atoms with Gasteiger partial charge in [0.1, 0.15) is 11.4 Å². The normalized spacial score (nSPS) is 14.0. The molecule has 0 aliphatic heterocycles. The molecule has 4 rings (SSSR count). The van der Waals surface area contributed by atoms with Crippen LogP contribution in [0.3, 0.4) is 0 Å². The fraction of sp³-hybridized carbons (Fsp3) is 0.316. The number of thiophene rings is 1. The molecule has 5 nitrogen and oxygen atoms in total. The molecule has 1 amide bonds. The van der Waals surface area contributed by atoms with Crippen LogP contribution in [0.2, 0.25) is 10.0 Å². The lowest BCUT2D eigenvalue weighted by Gasteiger charge is -2.09. The second kappa shape index (κ2) is 7.62. The number of carbonyl (C=O) groups is 1. The predicted molar refractivity (Wildman–Crippen MR) is 110 cm³/mol. The molecular formula is C19H17Cl2N3O2S. The maximum absolute atomic E-state index is 13.0. The van der Waals surface area contributed by atoms with Crippen LogP contribution in [0.4, 0.5) is 5.69 Å².